The molecule has 2 N–H and O–H groups in total. The monoisotopic (exact) mass is 277 g/mol. The van der Waals surface area contributed by atoms with E-state index in [-0.39, 0.29) is 6.01 Å². The van der Waals surface area contributed by atoms with Gasteiger partial charge in [-0.05, 0) is 12.5 Å². The van der Waals surface area contributed by atoms with Gasteiger partial charge in [0.2, 0.25) is 11.9 Å². The van der Waals surface area contributed by atoms with Crippen molar-refractivity contribution >= 4 is 11.9 Å². The third-order valence-corrected chi connectivity index (χ3v) is 2.53. The Morgan fingerprint density at radius 1 is 1.20 bits per heavy atom. The van der Waals surface area contributed by atoms with Crippen LogP contribution in [0.25, 0.3) is 0 Å². The number of methoxy groups -OCH3 is 1. The molecule has 8 nitrogen and oxygen atoms in total. The lowest BCUT2D eigenvalue weighted by Crippen LogP contribution is -2.11. The second kappa shape index (κ2) is 6.69. The van der Waals surface area contributed by atoms with Crippen LogP contribution in [0.1, 0.15) is 19.0 Å². The van der Waals surface area contributed by atoms with E-state index in [1.54, 1.807) is 4.68 Å². The van der Waals surface area contributed by atoms with Gasteiger partial charge in [0.05, 0.1) is 19.3 Å². The highest BCUT2D eigenvalue weighted by Gasteiger charge is 2.06. The number of anilines is 2. The average molecular weight is 277 g/mol. The molecule has 0 amide bonds. The van der Waals surface area contributed by atoms with E-state index in [1.807, 2.05) is 19.3 Å². The molecule has 2 aromatic heterocycles. The van der Waals surface area contributed by atoms with Crippen molar-refractivity contribution in [3.8, 4) is 6.01 Å². The van der Waals surface area contributed by atoms with Crippen LogP contribution in [-0.2, 0) is 13.6 Å². The molecular formula is C12H19N7O. The van der Waals surface area contributed by atoms with E-state index in [0.717, 1.165) is 18.7 Å². The quantitative estimate of drug-likeness (QED) is 0.781. The highest BCUT2D eigenvalue weighted by molar-refractivity contribution is 5.36. The average Bonchev–Trinajstić information content (AvgIpc) is 2.88. The second-order valence-electron chi connectivity index (χ2n) is 4.23. The molecule has 2 heterocycles. The molecule has 0 saturated carbocycles. The van der Waals surface area contributed by atoms with Crippen molar-refractivity contribution in [1.82, 2.24) is 24.7 Å². The summed E-state index contributed by atoms with van der Waals surface area (Å²) in [6, 6.07) is 2.21. The van der Waals surface area contributed by atoms with Crippen molar-refractivity contribution in [1.29, 1.82) is 0 Å². The Labute approximate surface area is 117 Å². The van der Waals surface area contributed by atoms with Crippen LogP contribution in [0.5, 0.6) is 6.01 Å². The molecule has 0 aliphatic carbocycles. The fourth-order valence-electron chi connectivity index (χ4n) is 1.57. The Bertz CT molecular complexity index is 554. The molecule has 108 valence electrons. The highest BCUT2D eigenvalue weighted by atomic mass is 16.5. The largest absolute Gasteiger partial charge is 0.467 e. The predicted molar refractivity (Wildman–Crippen MR) is 75.7 cm³/mol. The Kier molecular flexibility index (Phi) is 4.70. The van der Waals surface area contributed by atoms with Gasteiger partial charge in [-0.25, -0.2) is 0 Å². The van der Waals surface area contributed by atoms with Crippen LogP contribution >= 0.6 is 0 Å². The summed E-state index contributed by atoms with van der Waals surface area (Å²) in [5.74, 6) is 0.961. The first-order valence-electron chi connectivity index (χ1n) is 6.47. The molecule has 0 aliphatic heterocycles. The molecule has 0 saturated heterocycles. The maximum absolute atomic E-state index is 5.07. The SMILES string of the molecule is CCCNc1nc(NCc2ccn(C)n2)nc(OC)n1. The molecule has 0 atom stereocenters. The van der Waals surface area contributed by atoms with Crippen LogP contribution in [0.2, 0.25) is 0 Å². The Balaban J connectivity index is 2.05. The zero-order valence-corrected chi connectivity index (χ0v) is 11.9. The Morgan fingerprint density at radius 3 is 2.55 bits per heavy atom. The van der Waals surface area contributed by atoms with Crippen molar-refractivity contribution in [2.45, 2.75) is 19.9 Å². The molecule has 0 fully saturated rings. The van der Waals surface area contributed by atoms with E-state index in [2.05, 4.69) is 37.6 Å². The van der Waals surface area contributed by atoms with Gasteiger partial charge >= 0.3 is 6.01 Å². The number of aryl methyl sites for hydroxylation is 1. The van der Waals surface area contributed by atoms with E-state index < -0.39 is 0 Å². The molecule has 0 unspecified atom stereocenters. The molecule has 0 aromatic carbocycles. The van der Waals surface area contributed by atoms with Crippen molar-refractivity contribution < 1.29 is 4.74 Å². The van der Waals surface area contributed by atoms with Crippen LogP contribution in [-0.4, -0.2) is 38.4 Å². The van der Waals surface area contributed by atoms with Crippen molar-refractivity contribution in [3.05, 3.63) is 18.0 Å². The van der Waals surface area contributed by atoms with E-state index in [4.69, 9.17) is 4.74 Å². The molecule has 0 spiro atoms. The molecule has 8 heteroatoms. The van der Waals surface area contributed by atoms with Crippen molar-refractivity contribution in [2.75, 3.05) is 24.3 Å². The van der Waals surface area contributed by atoms with E-state index in [9.17, 15) is 0 Å². The van der Waals surface area contributed by atoms with E-state index in [1.165, 1.54) is 7.11 Å². The van der Waals surface area contributed by atoms with Gasteiger partial charge in [-0.2, -0.15) is 20.1 Å². The third kappa shape index (κ3) is 3.81. The summed E-state index contributed by atoms with van der Waals surface area (Å²) < 4.78 is 6.82. The normalized spacial score (nSPS) is 10.3. The zero-order valence-electron chi connectivity index (χ0n) is 11.9. The van der Waals surface area contributed by atoms with Gasteiger partial charge in [0.1, 0.15) is 0 Å². The molecule has 2 rings (SSSR count). The third-order valence-electron chi connectivity index (χ3n) is 2.53. The zero-order chi connectivity index (χ0) is 14.4. The fraction of sp³-hybridized carbons (Fsp3) is 0.500. The summed E-state index contributed by atoms with van der Waals surface area (Å²) in [6.45, 7) is 3.42. The van der Waals surface area contributed by atoms with Gasteiger partial charge in [-0.1, -0.05) is 6.92 Å². The summed E-state index contributed by atoms with van der Waals surface area (Å²) in [4.78, 5) is 12.6. The van der Waals surface area contributed by atoms with Crippen LogP contribution in [0.4, 0.5) is 11.9 Å². The fourth-order valence-corrected chi connectivity index (χ4v) is 1.57. The molecule has 20 heavy (non-hydrogen) atoms. The minimum Gasteiger partial charge on any atom is -0.467 e. The second-order valence-corrected chi connectivity index (χ2v) is 4.23. The maximum atomic E-state index is 5.07. The smallest absolute Gasteiger partial charge is 0.322 e. The number of aromatic nitrogens is 5. The molecule has 0 radical (unpaired) electrons. The van der Waals surface area contributed by atoms with Gasteiger partial charge in [0.15, 0.2) is 0 Å². The predicted octanol–water partition coefficient (Wildman–Crippen LogP) is 1.05. The number of hydrogen-bond donors (Lipinski definition) is 2. The molecular weight excluding hydrogens is 258 g/mol. The number of ether oxygens (including phenoxy) is 1. The minimum atomic E-state index is 0.280. The first-order valence-corrected chi connectivity index (χ1v) is 6.47. The van der Waals surface area contributed by atoms with Crippen LogP contribution in [0.15, 0.2) is 12.3 Å². The summed E-state index contributed by atoms with van der Waals surface area (Å²) in [7, 11) is 3.41. The van der Waals surface area contributed by atoms with Crippen molar-refractivity contribution in [3.63, 3.8) is 0 Å². The van der Waals surface area contributed by atoms with Gasteiger partial charge in [-0.15, -0.1) is 0 Å². The molecule has 0 aliphatic rings. The first-order chi connectivity index (χ1) is 9.71. The summed E-state index contributed by atoms with van der Waals surface area (Å²) in [5, 5.41) is 10.5. The standard InChI is InChI=1S/C12H19N7O/c1-4-6-13-10-15-11(17-12(16-10)20-3)14-8-9-5-7-19(2)18-9/h5,7H,4,6,8H2,1-3H3,(H2,13,14,15,16,17). The van der Waals surface area contributed by atoms with Crippen LogP contribution in [0.3, 0.4) is 0 Å². The summed E-state index contributed by atoms with van der Waals surface area (Å²) in [5.41, 5.74) is 0.912. The topological polar surface area (TPSA) is 89.8 Å². The number of nitrogens with one attached hydrogen (secondary N) is 2. The summed E-state index contributed by atoms with van der Waals surface area (Å²) in [6.07, 6.45) is 2.88. The minimum absolute atomic E-state index is 0.280. The lowest BCUT2D eigenvalue weighted by molar-refractivity contribution is 0.379. The van der Waals surface area contributed by atoms with E-state index >= 15 is 0 Å². The van der Waals surface area contributed by atoms with Gasteiger partial charge in [0.25, 0.3) is 0 Å². The number of rotatable bonds is 7. The summed E-state index contributed by atoms with van der Waals surface area (Å²) >= 11 is 0. The Hall–Kier alpha value is -2.38. The van der Waals surface area contributed by atoms with Crippen LogP contribution in [0, 0.1) is 0 Å². The van der Waals surface area contributed by atoms with Gasteiger partial charge in [0, 0.05) is 19.8 Å². The molecule has 0 bridgehead atoms. The van der Waals surface area contributed by atoms with Crippen LogP contribution < -0.4 is 15.4 Å². The lowest BCUT2D eigenvalue weighted by atomic mass is 10.4. The number of hydrogen-bond acceptors (Lipinski definition) is 7. The highest BCUT2D eigenvalue weighted by Crippen LogP contribution is 2.11. The van der Waals surface area contributed by atoms with E-state index in [0.29, 0.717) is 18.4 Å². The number of nitrogens with zero attached hydrogens (tertiary/aromatic N) is 5. The van der Waals surface area contributed by atoms with Crippen molar-refractivity contribution in [2.24, 2.45) is 7.05 Å². The Morgan fingerprint density at radius 2 is 1.95 bits per heavy atom. The first kappa shape index (κ1) is 14.0. The van der Waals surface area contributed by atoms with Gasteiger partial charge < -0.3 is 15.4 Å². The van der Waals surface area contributed by atoms with Gasteiger partial charge in [-0.3, -0.25) is 4.68 Å². The lowest BCUT2D eigenvalue weighted by Gasteiger charge is -2.08. The molecule has 2 aromatic rings. The maximum Gasteiger partial charge on any atom is 0.322 e.